The molecule has 0 fully saturated rings. The first-order valence-corrected chi connectivity index (χ1v) is 22.1. The fraction of sp³-hybridized carbons (Fsp3) is 0.762. The van der Waals surface area contributed by atoms with E-state index in [0.29, 0.717) is 12.8 Å². The molecule has 0 spiro atoms. The molecule has 23 nitrogen and oxygen atoms in total. The zero-order valence-corrected chi connectivity index (χ0v) is 38.9. The highest BCUT2D eigenvalue weighted by atomic mass is 16.7. The highest BCUT2D eigenvalue weighted by Gasteiger charge is 2.28. The molecule has 0 rings (SSSR count). The van der Waals surface area contributed by atoms with Gasteiger partial charge < -0.3 is 56.9 Å². The molecule has 8 amide bonds. The number of carboxylic acid groups (broad SMARTS) is 1. The van der Waals surface area contributed by atoms with Crippen molar-refractivity contribution in [1.82, 2.24) is 42.7 Å². The summed E-state index contributed by atoms with van der Waals surface area (Å²) in [5.74, 6) is -6.40. The number of nitrogens with one attached hydrogen (secondary N) is 8. The lowest BCUT2D eigenvalue weighted by atomic mass is 10.0. The first kappa shape index (κ1) is 59.4. The van der Waals surface area contributed by atoms with Crippen molar-refractivity contribution in [2.75, 3.05) is 45.9 Å². The Hall–Kier alpha value is -5.58. The van der Waals surface area contributed by atoms with E-state index >= 15 is 0 Å². The number of hydrogen-bond donors (Lipinski definition) is 10. The van der Waals surface area contributed by atoms with Gasteiger partial charge in [0.15, 0.2) is 0 Å². The summed E-state index contributed by atoms with van der Waals surface area (Å²) >= 11 is 0. The first-order valence-electron chi connectivity index (χ1n) is 22.1. The second-order valence-corrected chi connectivity index (χ2v) is 17.1. The van der Waals surface area contributed by atoms with Gasteiger partial charge in [0.2, 0.25) is 41.4 Å². The van der Waals surface area contributed by atoms with E-state index < -0.39 is 110 Å². The van der Waals surface area contributed by atoms with Crippen molar-refractivity contribution in [3.05, 3.63) is 0 Å². The van der Waals surface area contributed by atoms with Crippen LogP contribution in [0.4, 0.5) is 4.79 Å². The number of aliphatic carboxylic acids is 1. The molecule has 0 saturated heterocycles. The average molecular weight is 931 g/mol. The zero-order valence-electron chi connectivity index (χ0n) is 38.9. The molecule has 2 atom stereocenters. The van der Waals surface area contributed by atoms with E-state index in [1.807, 2.05) is 5.48 Å². The minimum Gasteiger partial charge on any atom is -0.481 e. The number of hydrogen-bond acceptors (Lipinski definition) is 14. The normalized spacial score (nSPS) is 12.0. The highest BCUT2D eigenvalue weighted by Crippen LogP contribution is 2.14. The summed E-state index contributed by atoms with van der Waals surface area (Å²) in [6.07, 6.45) is 9.57. The molecular weight excluding hydrogens is 857 g/mol. The maximum atomic E-state index is 12.9. The van der Waals surface area contributed by atoms with Crippen LogP contribution < -0.4 is 42.7 Å². The molecule has 0 unspecified atom stereocenters. The molecule has 372 valence electrons. The van der Waals surface area contributed by atoms with Gasteiger partial charge in [-0.3, -0.25) is 43.2 Å². The van der Waals surface area contributed by atoms with Crippen LogP contribution in [-0.2, 0) is 57.5 Å². The molecule has 65 heavy (non-hydrogen) atoms. The number of carbonyl (C=O) groups excluding carboxylic acids is 9. The number of rotatable bonds is 34. The van der Waals surface area contributed by atoms with E-state index in [0.717, 1.165) is 57.8 Å². The van der Waals surface area contributed by atoms with Crippen LogP contribution in [-0.4, -0.2) is 139 Å². The monoisotopic (exact) mass is 931 g/mol. The number of carbonyl (C=O) groups is 10. The van der Waals surface area contributed by atoms with Crippen molar-refractivity contribution >= 4 is 59.4 Å². The molecule has 23 heteroatoms. The number of carboxylic acids is 1. The van der Waals surface area contributed by atoms with E-state index in [-0.39, 0.29) is 44.7 Å². The number of ether oxygens (including phenoxy) is 2. The standard InChI is InChI=1S/C42H74N8O15/c1-41(2,3)64-39(61)29(48-31(52)18-16-14-12-10-8-7-9-11-13-15-17-19-37(58)59)20-21-32(53)49-30(28-51)38(60)47-27-36(57)46-26-35(56)45-25-34(55)44-24-33(54)43-22-23-63-50-40(62)65-42(4,5)6/h29-30,51H,7-28H2,1-6H3,(H,43,54)(H,44,55)(H,45,56)(H,46,57)(H,47,60)(H,48,52)(H,49,53)(H,50,62)(H,58,59)/t29-,30-/m0/s1. The molecular formula is C42H74N8O15. The number of aliphatic hydroxyl groups excluding tert-OH is 1. The van der Waals surface area contributed by atoms with Crippen molar-refractivity contribution in [1.29, 1.82) is 0 Å². The summed E-state index contributed by atoms with van der Waals surface area (Å²) in [6.45, 7) is 6.93. The number of amides is 8. The lowest BCUT2D eigenvalue weighted by molar-refractivity contribution is -0.159. The minimum absolute atomic E-state index is 0.00329. The van der Waals surface area contributed by atoms with Gasteiger partial charge in [-0.2, -0.15) is 5.48 Å². The van der Waals surface area contributed by atoms with Gasteiger partial charge in [0, 0.05) is 25.8 Å². The van der Waals surface area contributed by atoms with E-state index in [2.05, 4.69) is 37.2 Å². The maximum absolute atomic E-state index is 12.9. The van der Waals surface area contributed by atoms with Crippen molar-refractivity contribution in [2.45, 2.75) is 161 Å². The van der Waals surface area contributed by atoms with Crippen molar-refractivity contribution < 1.29 is 72.5 Å². The van der Waals surface area contributed by atoms with Gasteiger partial charge in [-0.25, -0.2) is 9.59 Å². The summed E-state index contributed by atoms with van der Waals surface area (Å²) < 4.78 is 10.4. The van der Waals surface area contributed by atoms with Gasteiger partial charge >= 0.3 is 18.0 Å². The zero-order chi connectivity index (χ0) is 49.3. The molecule has 0 aliphatic carbocycles. The molecule has 0 aliphatic rings. The van der Waals surface area contributed by atoms with Crippen LogP contribution in [0.25, 0.3) is 0 Å². The topological polar surface area (TPSA) is 335 Å². The number of hydroxylamine groups is 1. The van der Waals surface area contributed by atoms with Gasteiger partial charge in [0.25, 0.3) is 0 Å². The number of aliphatic hydroxyl groups is 1. The molecule has 0 radical (unpaired) electrons. The van der Waals surface area contributed by atoms with E-state index in [1.165, 1.54) is 0 Å². The molecule has 0 aromatic carbocycles. The van der Waals surface area contributed by atoms with Gasteiger partial charge in [-0.1, -0.05) is 57.8 Å². The Morgan fingerprint density at radius 3 is 1.37 bits per heavy atom. The Bertz CT molecular complexity index is 1530. The van der Waals surface area contributed by atoms with Crippen LogP contribution in [0.15, 0.2) is 0 Å². The van der Waals surface area contributed by atoms with E-state index in [4.69, 9.17) is 19.4 Å². The second-order valence-electron chi connectivity index (χ2n) is 17.1. The third-order valence-corrected chi connectivity index (χ3v) is 8.66. The van der Waals surface area contributed by atoms with Crippen molar-refractivity contribution in [3.8, 4) is 0 Å². The Morgan fingerprint density at radius 2 is 0.908 bits per heavy atom. The van der Waals surface area contributed by atoms with Crippen LogP contribution in [0, 0.1) is 0 Å². The smallest absolute Gasteiger partial charge is 0.431 e. The maximum Gasteiger partial charge on any atom is 0.431 e. The number of esters is 1. The molecule has 0 aliphatic heterocycles. The van der Waals surface area contributed by atoms with Crippen LogP contribution in [0.1, 0.15) is 138 Å². The lowest BCUT2D eigenvalue weighted by Gasteiger charge is -2.25. The summed E-state index contributed by atoms with van der Waals surface area (Å²) in [4.78, 5) is 126. The lowest BCUT2D eigenvalue weighted by Crippen LogP contribution is -2.51. The molecule has 0 aromatic heterocycles. The summed E-state index contributed by atoms with van der Waals surface area (Å²) in [7, 11) is 0. The van der Waals surface area contributed by atoms with Gasteiger partial charge in [0.1, 0.15) is 23.3 Å². The number of unbranched alkanes of at least 4 members (excludes halogenated alkanes) is 10. The first-order chi connectivity index (χ1) is 30.5. The van der Waals surface area contributed by atoms with Crippen molar-refractivity contribution in [2.24, 2.45) is 0 Å². The van der Waals surface area contributed by atoms with E-state index in [9.17, 15) is 53.1 Å². The Kier molecular flexibility index (Phi) is 31.0. The predicted molar refractivity (Wildman–Crippen MR) is 234 cm³/mol. The quantitative estimate of drug-likeness (QED) is 0.0235. The third-order valence-electron chi connectivity index (χ3n) is 8.66. The van der Waals surface area contributed by atoms with E-state index in [1.54, 1.807) is 41.5 Å². The fourth-order valence-electron chi connectivity index (χ4n) is 5.50. The molecule has 10 N–H and O–H groups in total. The highest BCUT2D eigenvalue weighted by molar-refractivity contribution is 5.93. The summed E-state index contributed by atoms with van der Waals surface area (Å²) in [5, 5.41) is 34.8. The average Bonchev–Trinajstić information content (AvgIpc) is 3.21. The minimum atomic E-state index is -1.47. The Labute approximate surface area is 381 Å². The van der Waals surface area contributed by atoms with Crippen LogP contribution in [0.2, 0.25) is 0 Å². The predicted octanol–water partition coefficient (Wildman–Crippen LogP) is 0.263. The second kappa shape index (κ2) is 33.9. The van der Waals surface area contributed by atoms with Gasteiger partial charge in [-0.15, -0.1) is 0 Å². The largest absolute Gasteiger partial charge is 0.481 e. The molecule has 0 aromatic rings. The molecule has 0 saturated carbocycles. The van der Waals surface area contributed by atoms with Crippen LogP contribution >= 0.6 is 0 Å². The van der Waals surface area contributed by atoms with Gasteiger partial charge in [-0.05, 0) is 60.8 Å². The summed E-state index contributed by atoms with van der Waals surface area (Å²) in [5.41, 5.74) is 0.458. The Morgan fingerprint density at radius 1 is 0.492 bits per heavy atom. The van der Waals surface area contributed by atoms with Crippen LogP contribution in [0.5, 0.6) is 0 Å². The Balaban J connectivity index is 4.52. The third kappa shape index (κ3) is 36.5. The van der Waals surface area contributed by atoms with Crippen LogP contribution in [0.3, 0.4) is 0 Å². The molecule has 0 bridgehead atoms. The van der Waals surface area contributed by atoms with Crippen molar-refractivity contribution in [3.63, 3.8) is 0 Å². The van der Waals surface area contributed by atoms with Gasteiger partial charge in [0.05, 0.1) is 39.4 Å². The molecule has 0 heterocycles. The summed E-state index contributed by atoms with van der Waals surface area (Å²) in [6, 6.07) is -2.63. The fourth-order valence-corrected chi connectivity index (χ4v) is 5.50. The SMILES string of the molecule is CC(C)(C)OC(=O)NOCCNC(=O)CNC(=O)CNC(=O)CNC(=O)CNC(=O)[C@H](CO)NC(=O)CC[C@H](NC(=O)CCCCCCCCCCCCCC(=O)O)C(=O)OC(C)(C)C.